The summed E-state index contributed by atoms with van der Waals surface area (Å²) in [5.41, 5.74) is 0.631. The monoisotopic (exact) mass is 421 g/mol. The maximum absolute atomic E-state index is 13.1. The zero-order chi connectivity index (χ0) is 19.7. The smallest absolute Gasteiger partial charge is 0.252 e. The first kappa shape index (κ1) is 19.2. The van der Waals surface area contributed by atoms with Crippen LogP contribution in [-0.2, 0) is 16.4 Å². The Morgan fingerprint density at radius 1 is 1.21 bits per heavy atom. The van der Waals surface area contributed by atoms with Gasteiger partial charge in [-0.25, -0.2) is 12.8 Å². The lowest BCUT2D eigenvalue weighted by Gasteiger charge is -2.29. The van der Waals surface area contributed by atoms with Gasteiger partial charge in [-0.1, -0.05) is 6.92 Å². The zero-order valence-electron chi connectivity index (χ0n) is 15.3. The van der Waals surface area contributed by atoms with Crippen LogP contribution in [0.1, 0.15) is 36.5 Å². The van der Waals surface area contributed by atoms with Crippen LogP contribution in [0.25, 0.3) is 11.5 Å². The highest BCUT2D eigenvalue weighted by Crippen LogP contribution is 2.33. The van der Waals surface area contributed by atoms with E-state index in [1.54, 1.807) is 18.2 Å². The van der Waals surface area contributed by atoms with E-state index in [0.29, 0.717) is 34.6 Å². The van der Waals surface area contributed by atoms with E-state index in [1.807, 2.05) is 13.0 Å². The van der Waals surface area contributed by atoms with Gasteiger partial charge in [-0.05, 0) is 55.7 Å². The molecule has 4 rings (SSSR count). The van der Waals surface area contributed by atoms with Crippen LogP contribution < -0.4 is 0 Å². The third-order valence-corrected chi connectivity index (χ3v) is 8.41. The minimum absolute atomic E-state index is 0.157. The van der Waals surface area contributed by atoms with Crippen LogP contribution in [0.15, 0.2) is 45.0 Å². The molecule has 2 aromatic heterocycles. The van der Waals surface area contributed by atoms with Gasteiger partial charge < -0.3 is 4.42 Å². The summed E-state index contributed by atoms with van der Waals surface area (Å²) in [5, 5.41) is 8.16. The highest BCUT2D eigenvalue weighted by Gasteiger charge is 2.34. The second kappa shape index (κ2) is 7.73. The van der Waals surface area contributed by atoms with Crippen LogP contribution in [0.3, 0.4) is 0 Å². The molecular formula is C19H20FN3O3S2. The number of piperidine rings is 1. The molecule has 1 aromatic carbocycles. The Morgan fingerprint density at radius 2 is 2.00 bits per heavy atom. The number of halogens is 1. The Labute approximate surface area is 167 Å². The number of nitrogens with zero attached hydrogens (tertiary/aromatic N) is 3. The highest BCUT2D eigenvalue weighted by atomic mass is 32.2. The zero-order valence-corrected chi connectivity index (χ0v) is 17.0. The lowest BCUT2D eigenvalue weighted by atomic mass is 10.00. The fraction of sp³-hybridized carbons (Fsp3) is 0.368. The van der Waals surface area contributed by atoms with E-state index in [2.05, 4.69) is 10.2 Å². The number of benzene rings is 1. The van der Waals surface area contributed by atoms with Gasteiger partial charge in [0.2, 0.25) is 11.8 Å². The summed E-state index contributed by atoms with van der Waals surface area (Å²) in [6.07, 6.45) is 2.32. The first-order valence-corrected chi connectivity index (χ1v) is 11.4. The summed E-state index contributed by atoms with van der Waals surface area (Å²) >= 11 is 1.32. The van der Waals surface area contributed by atoms with Crippen LogP contribution >= 0.6 is 11.3 Å². The molecular weight excluding hydrogens is 401 g/mol. The second-order valence-electron chi connectivity index (χ2n) is 6.73. The van der Waals surface area contributed by atoms with Crippen molar-refractivity contribution in [3.05, 3.63) is 53.0 Å². The summed E-state index contributed by atoms with van der Waals surface area (Å²) in [7, 11) is -3.52. The van der Waals surface area contributed by atoms with Crippen molar-refractivity contribution in [3.8, 4) is 11.5 Å². The molecule has 6 nitrogen and oxygen atoms in total. The Morgan fingerprint density at radius 3 is 2.71 bits per heavy atom. The molecule has 148 valence electrons. The van der Waals surface area contributed by atoms with Crippen LogP contribution in [0, 0.1) is 5.82 Å². The highest BCUT2D eigenvalue weighted by molar-refractivity contribution is 7.91. The van der Waals surface area contributed by atoms with E-state index in [9.17, 15) is 12.8 Å². The number of hydrogen-bond donors (Lipinski definition) is 0. The van der Waals surface area contributed by atoms with Gasteiger partial charge in [0.1, 0.15) is 10.0 Å². The largest absolute Gasteiger partial charge is 0.420 e. The minimum atomic E-state index is -3.52. The van der Waals surface area contributed by atoms with E-state index in [0.717, 1.165) is 24.1 Å². The summed E-state index contributed by atoms with van der Waals surface area (Å²) in [6.45, 7) is 2.80. The number of hydrogen-bond acceptors (Lipinski definition) is 6. The number of aromatic nitrogens is 2. The lowest BCUT2D eigenvalue weighted by molar-refractivity contribution is 0.286. The van der Waals surface area contributed by atoms with E-state index in [-0.39, 0.29) is 11.7 Å². The Bertz CT molecular complexity index is 1060. The fourth-order valence-electron chi connectivity index (χ4n) is 3.29. The molecule has 3 aromatic rings. The van der Waals surface area contributed by atoms with Gasteiger partial charge in [0, 0.05) is 23.5 Å². The van der Waals surface area contributed by atoms with E-state index in [4.69, 9.17) is 4.42 Å². The third-order valence-electron chi connectivity index (χ3n) is 4.84. The number of aryl methyl sites for hydroxylation is 1. The molecule has 1 saturated heterocycles. The number of thiophene rings is 1. The first-order valence-electron chi connectivity index (χ1n) is 9.15. The van der Waals surface area contributed by atoms with Gasteiger partial charge in [0.05, 0.1) is 5.92 Å². The molecule has 1 aliphatic rings. The lowest BCUT2D eigenvalue weighted by Crippen LogP contribution is -2.38. The van der Waals surface area contributed by atoms with Crippen molar-refractivity contribution in [1.82, 2.24) is 14.5 Å². The molecule has 0 spiro atoms. The molecule has 0 saturated carbocycles. The normalized spacial score (nSPS) is 18.4. The molecule has 28 heavy (non-hydrogen) atoms. The predicted octanol–water partition coefficient (Wildman–Crippen LogP) is 4.07. The van der Waals surface area contributed by atoms with E-state index >= 15 is 0 Å². The van der Waals surface area contributed by atoms with Gasteiger partial charge in [-0.15, -0.1) is 21.5 Å². The molecule has 0 radical (unpaired) electrons. The van der Waals surface area contributed by atoms with Gasteiger partial charge in [-0.2, -0.15) is 4.31 Å². The molecule has 1 atom stereocenters. The average Bonchev–Trinajstić information content (AvgIpc) is 3.39. The molecule has 9 heteroatoms. The fourth-order valence-corrected chi connectivity index (χ4v) is 6.26. The molecule has 0 N–H and O–H groups in total. The van der Waals surface area contributed by atoms with E-state index < -0.39 is 10.0 Å². The van der Waals surface area contributed by atoms with Crippen molar-refractivity contribution in [2.75, 3.05) is 13.1 Å². The standard InChI is InChI=1S/C19H20FN3O3S2/c1-2-16-9-10-17(27-16)28(24,25)23-11-3-4-14(12-23)19-22-21-18(26-19)13-5-7-15(20)8-6-13/h5-10,14H,2-4,11-12H2,1H3. The second-order valence-corrected chi connectivity index (χ2v) is 10.1. The summed E-state index contributed by atoms with van der Waals surface area (Å²) in [4.78, 5) is 1.05. The minimum Gasteiger partial charge on any atom is -0.420 e. The molecule has 1 aliphatic heterocycles. The van der Waals surface area contributed by atoms with Crippen molar-refractivity contribution in [3.63, 3.8) is 0 Å². The SMILES string of the molecule is CCc1ccc(S(=O)(=O)N2CCCC(c3nnc(-c4ccc(F)cc4)o3)C2)s1. The Kier molecular flexibility index (Phi) is 5.31. The van der Waals surface area contributed by atoms with E-state index in [1.165, 1.54) is 27.8 Å². The maximum atomic E-state index is 13.1. The summed E-state index contributed by atoms with van der Waals surface area (Å²) in [6, 6.07) is 9.37. The molecule has 0 aliphatic carbocycles. The van der Waals surface area contributed by atoms with Crippen LogP contribution in [0.5, 0.6) is 0 Å². The number of sulfonamides is 1. The molecule has 0 bridgehead atoms. The van der Waals surface area contributed by atoms with Crippen molar-refractivity contribution < 1.29 is 17.2 Å². The molecule has 3 heterocycles. The molecule has 0 amide bonds. The van der Waals surface area contributed by atoms with Crippen molar-refractivity contribution in [1.29, 1.82) is 0 Å². The van der Waals surface area contributed by atoms with Crippen molar-refractivity contribution >= 4 is 21.4 Å². The van der Waals surface area contributed by atoms with Gasteiger partial charge >= 0.3 is 0 Å². The average molecular weight is 422 g/mol. The topological polar surface area (TPSA) is 76.3 Å². The van der Waals surface area contributed by atoms with Crippen LogP contribution in [0.4, 0.5) is 4.39 Å². The summed E-state index contributed by atoms with van der Waals surface area (Å²) < 4.78 is 46.7. The third kappa shape index (κ3) is 3.74. The molecule has 1 unspecified atom stereocenters. The van der Waals surface area contributed by atoms with Gasteiger partial charge in [0.25, 0.3) is 10.0 Å². The molecule has 1 fully saturated rings. The number of rotatable bonds is 5. The van der Waals surface area contributed by atoms with Crippen molar-refractivity contribution in [2.24, 2.45) is 0 Å². The maximum Gasteiger partial charge on any atom is 0.252 e. The van der Waals surface area contributed by atoms with Gasteiger partial charge in [0.15, 0.2) is 0 Å². The van der Waals surface area contributed by atoms with Crippen molar-refractivity contribution in [2.45, 2.75) is 36.3 Å². The Hall–Kier alpha value is -2.10. The predicted molar refractivity (Wildman–Crippen MR) is 104 cm³/mol. The summed E-state index contributed by atoms with van der Waals surface area (Å²) in [5.74, 6) is 0.229. The quantitative estimate of drug-likeness (QED) is 0.621. The van der Waals surface area contributed by atoms with Crippen LogP contribution in [0.2, 0.25) is 0 Å². The van der Waals surface area contributed by atoms with Crippen LogP contribution in [-0.4, -0.2) is 36.0 Å². The van der Waals surface area contributed by atoms with Gasteiger partial charge in [-0.3, -0.25) is 0 Å². The first-order chi connectivity index (χ1) is 13.5. The Balaban J connectivity index is 1.53.